The molecule has 21 heavy (non-hydrogen) atoms. The zero-order valence-electron chi connectivity index (χ0n) is 12.3. The lowest BCUT2D eigenvalue weighted by Gasteiger charge is -2.32. The van der Waals surface area contributed by atoms with Gasteiger partial charge in [0.1, 0.15) is 0 Å². The van der Waals surface area contributed by atoms with Crippen molar-refractivity contribution in [3.05, 3.63) is 23.4 Å². The highest BCUT2D eigenvalue weighted by atomic mass is 127. The second-order valence-corrected chi connectivity index (χ2v) is 8.63. The van der Waals surface area contributed by atoms with Crippen LogP contribution >= 0.6 is 40.0 Å². The molecule has 112 valence electrons. The van der Waals surface area contributed by atoms with Gasteiger partial charge in [0.2, 0.25) is 0 Å². The maximum atomic E-state index is 6.28. The van der Waals surface area contributed by atoms with E-state index in [1.165, 1.54) is 0 Å². The molecule has 8 heteroatoms. The Labute approximate surface area is 144 Å². The van der Waals surface area contributed by atoms with Gasteiger partial charge in [-0.25, -0.2) is 4.45 Å². The molecule has 1 fully saturated rings. The molecule has 0 amide bonds. The molecule has 1 aromatic heterocycles. The quantitative estimate of drug-likeness (QED) is 0.409. The minimum absolute atomic E-state index is 0.368. The van der Waals surface area contributed by atoms with E-state index in [1.54, 1.807) is 0 Å². The summed E-state index contributed by atoms with van der Waals surface area (Å²) in [7, 11) is -0.425. The van der Waals surface area contributed by atoms with Crippen LogP contribution in [0.2, 0.25) is 5.02 Å². The van der Waals surface area contributed by atoms with Crippen molar-refractivity contribution in [3.8, 4) is 0 Å². The zero-order chi connectivity index (χ0) is 15.4. The summed E-state index contributed by atoms with van der Waals surface area (Å²) in [5.74, 6) is 0. The second-order valence-electron chi connectivity index (χ2n) is 6.16. The summed E-state index contributed by atoms with van der Waals surface area (Å²) in [6.07, 6.45) is 2.38. The van der Waals surface area contributed by atoms with E-state index in [1.807, 2.05) is 50.5 Å². The Kier molecular flexibility index (Phi) is 4.07. The van der Waals surface area contributed by atoms with Crippen molar-refractivity contribution < 1.29 is 9.31 Å². The fraction of sp³-hybridized carbons (Fsp3) is 0.462. The molecule has 1 aromatic carbocycles. The highest BCUT2D eigenvalue weighted by Gasteiger charge is 2.52. The number of hydrogen-bond acceptors (Lipinski definition) is 3. The lowest BCUT2D eigenvalue weighted by atomic mass is 9.77. The number of nitrogens with zero attached hydrogens (tertiary/aromatic N) is 2. The summed E-state index contributed by atoms with van der Waals surface area (Å²) < 4.78 is 14.2. The number of hydrogen-bond donors (Lipinski definition) is 0. The third-order valence-corrected chi connectivity index (χ3v) is 6.38. The van der Waals surface area contributed by atoms with Crippen LogP contribution in [-0.4, -0.2) is 27.9 Å². The standard InChI is InChI=1S/C13H16BClIN2O2P/c1-12(2)13(3,4)20-14(19-12)10-5-8(15)6-11-9(10)7-17-18(11)21-16/h5-7,21H,1-4H3. The summed E-state index contributed by atoms with van der Waals surface area (Å²) in [6.45, 7) is 8.18. The van der Waals surface area contributed by atoms with E-state index in [4.69, 9.17) is 20.9 Å². The highest BCUT2D eigenvalue weighted by molar-refractivity contribution is 14.2. The van der Waals surface area contributed by atoms with Gasteiger partial charge in [-0.3, -0.25) is 0 Å². The molecule has 2 aromatic rings. The summed E-state index contributed by atoms with van der Waals surface area (Å²) >= 11 is 8.58. The van der Waals surface area contributed by atoms with Gasteiger partial charge >= 0.3 is 7.12 Å². The van der Waals surface area contributed by atoms with Crippen molar-refractivity contribution in [2.45, 2.75) is 38.9 Å². The van der Waals surface area contributed by atoms with Crippen molar-refractivity contribution in [1.29, 1.82) is 0 Å². The Bertz CT molecular complexity index is 691. The molecule has 4 nitrogen and oxygen atoms in total. The maximum absolute atomic E-state index is 6.28. The lowest BCUT2D eigenvalue weighted by molar-refractivity contribution is 0.00578. The van der Waals surface area contributed by atoms with Crippen LogP contribution in [0.25, 0.3) is 10.9 Å². The van der Waals surface area contributed by atoms with Crippen molar-refractivity contribution in [1.82, 2.24) is 9.55 Å². The predicted molar refractivity (Wildman–Crippen MR) is 98.2 cm³/mol. The molecule has 1 saturated heterocycles. The largest absolute Gasteiger partial charge is 0.495 e. The zero-order valence-corrected chi connectivity index (χ0v) is 16.2. The average molecular weight is 436 g/mol. The first-order valence-corrected chi connectivity index (χ1v) is 11.1. The number of benzene rings is 1. The van der Waals surface area contributed by atoms with Crippen LogP contribution in [0.3, 0.4) is 0 Å². The topological polar surface area (TPSA) is 36.3 Å². The normalized spacial score (nSPS) is 21.0. The van der Waals surface area contributed by atoms with Gasteiger partial charge < -0.3 is 9.31 Å². The minimum atomic E-state index is -0.425. The van der Waals surface area contributed by atoms with Gasteiger partial charge in [0.05, 0.1) is 29.3 Å². The summed E-state index contributed by atoms with van der Waals surface area (Å²) in [6, 6.07) is 3.85. The first-order valence-electron chi connectivity index (χ1n) is 6.65. The summed E-state index contributed by atoms with van der Waals surface area (Å²) in [4.78, 5) is 0. The van der Waals surface area contributed by atoms with E-state index in [2.05, 4.69) is 27.1 Å². The molecule has 3 rings (SSSR count). The van der Waals surface area contributed by atoms with Crippen molar-refractivity contribution in [2.75, 3.05) is 0 Å². The van der Waals surface area contributed by atoms with Gasteiger partial charge in [0.25, 0.3) is 0 Å². The molecule has 0 bridgehead atoms. The van der Waals surface area contributed by atoms with Gasteiger partial charge in [-0.05, 0) is 67.3 Å². The van der Waals surface area contributed by atoms with E-state index >= 15 is 0 Å². The third-order valence-electron chi connectivity index (χ3n) is 4.27. The average Bonchev–Trinajstić information content (AvgIpc) is 2.87. The van der Waals surface area contributed by atoms with E-state index in [0.29, 0.717) is 11.4 Å². The smallest absolute Gasteiger partial charge is 0.399 e. The van der Waals surface area contributed by atoms with Crippen LogP contribution < -0.4 is 5.46 Å². The van der Waals surface area contributed by atoms with Crippen molar-refractivity contribution in [3.63, 3.8) is 0 Å². The van der Waals surface area contributed by atoms with E-state index in [9.17, 15) is 0 Å². The van der Waals surface area contributed by atoms with E-state index in [-0.39, 0.29) is 11.2 Å². The molecule has 1 unspecified atom stereocenters. The van der Waals surface area contributed by atoms with Crippen molar-refractivity contribution >= 4 is 63.5 Å². The molecule has 0 aliphatic carbocycles. The van der Waals surface area contributed by atoms with Crippen LogP contribution in [0.4, 0.5) is 0 Å². The number of rotatable bonds is 2. The first-order chi connectivity index (χ1) is 9.75. The fourth-order valence-electron chi connectivity index (χ4n) is 2.35. The van der Waals surface area contributed by atoms with Crippen LogP contribution in [0.5, 0.6) is 0 Å². The van der Waals surface area contributed by atoms with Gasteiger partial charge in [0.15, 0.2) is 0 Å². The number of fused-ring (bicyclic) bond motifs is 1. The Morgan fingerprint density at radius 1 is 1.24 bits per heavy atom. The van der Waals surface area contributed by atoms with Gasteiger partial charge in [-0.15, -0.1) is 0 Å². The summed E-state index contributed by atoms with van der Waals surface area (Å²) in [5, 5.41) is 6.11. The number of halogens is 2. The molecule has 0 spiro atoms. The fourth-order valence-corrected chi connectivity index (χ4v) is 4.10. The molecule has 0 N–H and O–H groups in total. The van der Waals surface area contributed by atoms with E-state index in [0.717, 1.165) is 16.4 Å². The van der Waals surface area contributed by atoms with Gasteiger partial charge in [0, 0.05) is 10.4 Å². The highest BCUT2D eigenvalue weighted by Crippen LogP contribution is 2.37. The first kappa shape index (κ1) is 16.0. The van der Waals surface area contributed by atoms with Gasteiger partial charge in [-0.1, -0.05) is 11.6 Å². The van der Waals surface area contributed by atoms with Crippen LogP contribution in [0.1, 0.15) is 27.7 Å². The summed E-state index contributed by atoms with van der Waals surface area (Å²) in [5.41, 5.74) is 1.22. The Morgan fingerprint density at radius 3 is 2.43 bits per heavy atom. The Morgan fingerprint density at radius 2 is 1.86 bits per heavy atom. The third kappa shape index (κ3) is 2.63. The molecule has 1 aliphatic heterocycles. The Hall–Kier alpha value is 0.125. The molecule has 2 heterocycles. The molecule has 1 atom stereocenters. The molecule has 0 radical (unpaired) electrons. The SMILES string of the molecule is CC1(C)OB(c2cc(Cl)cc3c2cnn3PI)OC1(C)C. The van der Waals surface area contributed by atoms with E-state index < -0.39 is 7.12 Å². The lowest BCUT2D eigenvalue weighted by Crippen LogP contribution is -2.41. The maximum Gasteiger partial charge on any atom is 0.495 e. The molecule has 0 saturated carbocycles. The van der Waals surface area contributed by atoms with Crippen LogP contribution in [0, 0.1) is 0 Å². The monoisotopic (exact) mass is 436 g/mol. The second kappa shape index (κ2) is 5.34. The minimum Gasteiger partial charge on any atom is -0.399 e. The van der Waals surface area contributed by atoms with Crippen LogP contribution in [-0.2, 0) is 9.31 Å². The molecular formula is C13H16BClIN2O2P. The molecular weight excluding hydrogens is 420 g/mol. The Balaban J connectivity index is 2.12. The molecule has 1 aliphatic rings. The van der Waals surface area contributed by atoms with Crippen molar-refractivity contribution in [2.24, 2.45) is 0 Å². The van der Waals surface area contributed by atoms with Crippen LogP contribution in [0.15, 0.2) is 18.3 Å². The number of aromatic nitrogens is 2. The predicted octanol–water partition coefficient (Wildman–Crippen LogP) is 3.78. The van der Waals surface area contributed by atoms with Gasteiger partial charge in [-0.2, -0.15) is 5.10 Å².